The van der Waals surface area contributed by atoms with Crippen LogP contribution in [0.2, 0.25) is 0 Å². The summed E-state index contributed by atoms with van der Waals surface area (Å²) in [5.74, 6) is 0.653. The maximum atomic E-state index is 5.43. The van der Waals surface area contributed by atoms with Gasteiger partial charge in [-0.25, -0.2) is 9.97 Å². The summed E-state index contributed by atoms with van der Waals surface area (Å²) in [7, 11) is 0. The molecule has 0 aliphatic heterocycles. The van der Waals surface area contributed by atoms with E-state index in [1.165, 1.54) is 60.0 Å². The minimum absolute atomic E-state index is 0.653. The third kappa shape index (κ3) is 5.30. The van der Waals surface area contributed by atoms with E-state index in [0.717, 1.165) is 50.0 Å². The number of nitrogens with zero attached hydrogens (tertiary/aromatic N) is 4. The Balaban J connectivity index is 1.04. The molecule has 0 aliphatic carbocycles. The van der Waals surface area contributed by atoms with Gasteiger partial charge in [0.2, 0.25) is 5.95 Å². The van der Waals surface area contributed by atoms with E-state index in [4.69, 9.17) is 9.97 Å². The molecule has 0 saturated heterocycles. The van der Waals surface area contributed by atoms with Crippen LogP contribution >= 0.6 is 0 Å². The first-order chi connectivity index (χ1) is 29.2. The van der Waals surface area contributed by atoms with Crippen LogP contribution in [-0.4, -0.2) is 19.1 Å². The molecule has 4 heteroatoms. The van der Waals surface area contributed by atoms with Gasteiger partial charge in [-0.2, -0.15) is 0 Å². The Morgan fingerprint density at radius 1 is 0.356 bits per heavy atom. The molecule has 4 nitrogen and oxygen atoms in total. The Morgan fingerprint density at radius 3 is 1.81 bits per heavy atom. The van der Waals surface area contributed by atoms with Crippen LogP contribution in [0.25, 0.3) is 110 Å². The van der Waals surface area contributed by atoms with E-state index in [1.54, 1.807) is 0 Å². The predicted octanol–water partition coefficient (Wildman–Crippen LogP) is 14.3. The van der Waals surface area contributed by atoms with Crippen LogP contribution in [0.5, 0.6) is 0 Å². The van der Waals surface area contributed by atoms with Gasteiger partial charge in [0.15, 0.2) is 0 Å². The Bertz CT molecular complexity index is 3630. The van der Waals surface area contributed by atoms with Gasteiger partial charge in [0, 0.05) is 38.2 Å². The van der Waals surface area contributed by atoms with Gasteiger partial charge < -0.3 is 4.57 Å². The lowest BCUT2D eigenvalue weighted by Gasteiger charge is -2.14. The smallest absolute Gasteiger partial charge is 0.235 e. The highest BCUT2D eigenvalue weighted by Gasteiger charge is 2.19. The number of rotatable bonds is 5. The van der Waals surface area contributed by atoms with Crippen molar-refractivity contribution >= 4 is 65.3 Å². The van der Waals surface area contributed by atoms with E-state index in [0.29, 0.717) is 5.95 Å². The largest absolute Gasteiger partial charge is 0.309 e. The van der Waals surface area contributed by atoms with Gasteiger partial charge >= 0.3 is 0 Å². The van der Waals surface area contributed by atoms with E-state index in [1.807, 2.05) is 0 Å². The van der Waals surface area contributed by atoms with Crippen LogP contribution in [0, 0.1) is 6.92 Å². The monoisotopic (exact) mass is 752 g/mol. The molecule has 12 rings (SSSR count). The zero-order valence-electron chi connectivity index (χ0n) is 32.3. The van der Waals surface area contributed by atoms with E-state index >= 15 is 0 Å². The van der Waals surface area contributed by atoms with Crippen LogP contribution in [0.1, 0.15) is 5.56 Å². The van der Waals surface area contributed by atoms with Gasteiger partial charge in [-0.1, -0.05) is 146 Å². The molecule has 0 N–H and O–H groups in total. The highest BCUT2D eigenvalue weighted by Crippen LogP contribution is 2.39. The topological polar surface area (TPSA) is 35.6 Å². The summed E-state index contributed by atoms with van der Waals surface area (Å²) >= 11 is 0. The summed E-state index contributed by atoms with van der Waals surface area (Å²) in [4.78, 5) is 10.7. The average molecular weight is 753 g/mol. The molecule has 276 valence electrons. The van der Waals surface area contributed by atoms with Gasteiger partial charge in [-0.05, 0) is 100 Å². The lowest BCUT2D eigenvalue weighted by molar-refractivity contribution is 1.01. The number of fused-ring (bicyclic) bond motifs is 8. The highest BCUT2D eigenvalue weighted by atomic mass is 15.2. The quantitative estimate of drug-likeness (QED) is 0.175. The first-order valence-corrected chi connectivity index (χ1v) is 20.2. The van der Waals surface area contributed by atoms with Gasteiger partial charge in [0.1, 0.15) is 0 Å². The molecule has 0 radical (unpaired) electrons. The van der Waals surface area contributed by atoms with Crippen LogP contribution in [0.3, 0.4) is 0 Å². The summed E-state index contributed by atoms with van der Waals surface area (Å²) < 4.78 is 4.65. The van der Waals surface area contributed by atoms with Crippen molar-refractivity contribution in [1.82, 2.24) is 19.1 Å². The molecule has 0 atom stereocenters. The van der Waals surface area contributed by atoms with Gasteiger partial charge in [-0.15, -0.1) is 0 Å². The fourth-order valence-electron chi connectivity index (χ4n) is 9.25. The molecule has 0 amide bonds. The summed E-state index contributed by atoms with van der Waals surface area (Å²) in [5.41, 5.74) is 14.5. The van der Waals surface area contributed by atoms with Crippen LogP contribution in [0.15, 0.2) is 200 Å². The van der Waals surface area contributed by atoms with E-state index in [-0.39, 0.29) is 0 Å². The molecule has 0 saturated carbocycles. The molecule has 59 heavy (non-hydrogen) atoms. The zero-order valence-corrected chi connectivity index (χ0v) is 32.3. The number of aromatic nitrogens is 4. The Morgan fingerprint density at radius 2 is 0.983 bits per heavy atom. The minimum Gasteiger partial charge on any atom is -0.309 e. The van der Waals surface area contributed by atoms with Crippen molar-refractivity contribution in [3.8, 4) is 45.1 Å². The van der Waals surface area contributed by atoms with Crippen molar-refractivity contribution in [2.24, 2.45) is 0 Å². The standard InChI is InChI=1S/C55H36N4/c1-35-31-41(25-28-43(35)37-14-3-2-4-15-37)54-47-19-7-10-20-49(47)56-55(57-54)59-51-22-12-8-17-44(51)46-29-24-40(34-53(46)59)39-26-30-52-48(33-39)45-18-9-11-21-50(45)58(52)42-27-23-36-13-5-6-16-38(36)32-42/h2-34H,1H3. The molecule has 3 heterocycles. The van der Waals surface area contributed by atoms with Crippen LogP contribution < -0.4 is 0 Å². The second-order valence-electron chi connectivity index (χ2n) is 15.5. The fraction of sp³-hybridized carbons (Fsp3) is 0.0182. The Hall–Kier alpha value is -7.82. The normalized spacial score (nSPS) is 11.8. The van der Waals surface area contributed by atoms with Gasteiger partial charge in [0.05, 0.1) is 33.3 Å². The third-order valence-corrected chi connectivity index (χ3v) is 12.0. The molecular formula is C55H36N4. The van der Waals surface area contributed by atoms with Crippen LogP contribution in [0.4, 0.5) is 0 Å². The van der Waals surface area contributed by atoms with Crippen molar-refractivity contribution in [2.75, 3.05) is 0 Å². The second kappa shape index (κ2) is 13.1. The van der Waals surface area contributed by atoms with E-state index in [2.05, 4.69) is 216 Å². The van der Waals surface area contributed by atoms with E-state index < -0.39 is 0 Å². The third-order valence-electron chi connectivity index (χ3n) is 12.0. The SMILES string of the molecule is Cc1cc(-c2nc(-n3c4ccccc4c4ccc(-c5ccc6c(c5)c5ccccc5n6-c5ccc6ccccc6c5)cc43)nc3ccccc23)ccc1-c1ccccc1. The summed E-state index contributed by atoms with van der Waals surface area (Å²) in [6.07, 6.45) is 0. The molecule has 0 bridgehead atoms. The van der Waals surface area contributed by atoms with Crippen LogP contribution in [-0.2, 0) is 0 Å². The molecular weight excluding hydrogens is 717 g/mol. The van der Waals surface area contributed by atoms with E-state index in [9.17, 15) is 0 Å². The predicted molar refractivity (Wildman–Crippen MR) is 247 cm³/mol. The summed E-state index contributed by atoms with van der Waals surface area (Å²) in [5, 5.41) is 8.30. The van der Waals surface area contributed by atoms with Crippen molar-refractivity contribution in [3.63, 3.8) is 0 Å². The first-order valence-electron chi connectivity index (χ1n) is 20.2. The number of benzene rings is 9. The van der Waals surface area contributed by atoms with Gasteiger partial charge in [0.25, 0.3) is 0 Å². The van der Waals surface area contributed by atoms with Gasteiger partial charge in [-0.3, -0.25) is 4.57 Å². The Labute approximate surface area is 340 Å². The minimum atomic E-state index is 0.653. The Kier molecular flexibility index (Phi) is 7.41. The average Bonchev–Trinajstić information content (AvgIpc) is 3.81. The lowest BCUT2D eigenvalue weighted by atomic mass is 9.96. The number of aryl methyl sites for hydroxylation is 1. The fourth-order valence-corrected chi connectivity index (χ4v) is 9.25. The van der Waals surface area contributed by atoms with Crippen molar-refractivity contribution in [1.29, 1.82) is 0 Å². The molecule has 0 aliphatic rings. The molecule has 9 aromatic carbocycles. The van der Waals surface area contributed by atoms with Crippen molar-refractivity contribution in [3.05, 3.63) is 206 Å². The summed E-state index contributed by atoms with van der Waals surface area (Å²) in [6, 6.07) is 72.0. The number of para-hydroxylation sites is 3. The molecule has 0 unspecified atom stereocenters. The molecule has 12 aromatic rings. The molecule has 3 aromatic heterocycles. The first kappa shape index (κ1) is 33.3. The second-order valence-corrected chi connectivity index (χ2v) is 15.5. The number of hydrogen-bond donors (Lipinski definition) is 0. The maximum absolute atomic E-state index is 5.43. The number of hydrogen-bond acceptors (Lipinski definition) is 2. The van der Waals surface area contributed by atoms with Crippen molar-refractivity contribution in [2.45, 2.75) is 6.92 Å². The molecule has 0 fully saturated rings. The molecule has 0 spiro atoms. The highest BCUT2D eigenvalue weighted by molar-refractivity contribution is 6.12. The van der Waals surface area contributed by atoms with Crippen molar-refractivity contribution < 1.29 is 0 Å². The lowest BCUT2D eigenvalue weighted by Crippen LogP contribution is -2.03. The summed E-state index contributed by atoms with van der Waals surface area (Å²) in [6.45, 7) is 2.18. The maximum Gasteiger partial charge on any atom is 0.235 e. The zero-order chi connectivity index (χ0) is 39.0.